The number of phenolic OH excluding ortho intramolecular Hbond substituents is 1. The fourth-order valence-electron chi connectivity index (χ4n) is 3.80. The molecule has 2 aromatic rings. The zero-order chi connectivity index (χ0) is 16.9. The van der Waals surface area contributed by atoms with Gasteiger partial charge in [0, 0.05) is 31.1 Å². The molecule has 0 spiro atoms. The lowest BCUT2D eigenvalue weighted by Gasteiger charge is -2.21. The van der Waals surface area contributed by atoms with Crippen LogP contribution in [0.1, 0.15) is 29.7 Å². The molecule has 0 bridgehead atoms. The van der Waals surface area contributed by atoms with E-state index in [0.29, 0.717) is 30.1 Å². The number of rotatable bonds is 7. The third-order valence-corrected chi connectivity index (χ3v) is 6.16. The van der Waals surface area contributed by atoms with Gasteiger partial charge in [-0.05, 0) is 59.7 Å². The van der Waals surface area contributed by atoms with Crippen LogP contribution in [0.3, 0.4) is 0 Å². The first-order valence-electron chi connectivity index (χ1n) is 8.80. The van der Waals surface area contributed by atoms with Crippen LogP contribution >= 0.6 is 11.3 Å². The fraction of sp³-hybridized carbons (Fsp3) is 0.500. The topological polar surface area (TPSA) is 43.7 Å². The number of aliphatic hydroxyl groups excluding tert-OH is 1. The Hall–Kier alpha value is -1.36. The SMILES string of the molecule is CC(CN1C[C@@H](CCc2cccs2)[C@@H](CO)C1)c1ccc(O)cc1. The summed E-state index contributed by atoms with van der Waals surface area (Å²) < 4.78 is 0. The zero-order valence-corrected chi connectivity index (χ0v) is 15.1. The van der Waals surface area contributed by atoms with E-state index in [1.54, 1.807) is 12.1 Å². The summed E-state index contributed by atoms with van der Waals surface area (Å²) in [7, 11) is 0. The van der Waals surface area contributed by atoms with Crippen molar-refractivity contribution in [2.75, 3.05) is 26.2 Å². The number of benzene rings is 1. The second kappa shape index (κ2) is 8.15. The Bertz CT molecular complexity index is 611. The van der Waals surface area contributed by atoms with Crippen LogP contribution in [-0.2, 0) is 6.42 Å². The average molecular weight is 346 g/mol. The van der Waals surface area contributed by atoms with Crippen LogP contribution in [0.4, 0.5) is 0 Å². The van der Waals surface area contributed by atoms with Gasteiger partial charge in [0.1, 0.15) is 5.75 Å². The zero-order valence-electron chi connectivity index (χ0n) is 14.3. The normalized spacial score (nSPS) is 22.8. The molecule has 3 nitrogen and oxygen atoms in total. The molecule has 1 aliphatic heterocycles. The van der Waals surface area contributed by atoms with Crippen molar-refractivity contribution in [2.24, 2.45) is 11.8 Å². The predicted molar refractivity (Wildman–Crippen MR) is 99.7 cm³/mol. The average Bonchev–Trinajstić information content (AvgIpc) is 3.22. The van der Waals surface area contributed by atoms with Gasteiger partial charge in [-0.3, -0.25) is 0 Å². The molecule has 2 heterocycles. The lowest BCUT2D eigenvalue weighted by Crippen LogP contribution is -2.26. The Labute approximate surface area is 148 Å². The Balaban J connectivity index is 1.54. The molecule has 1 unspecified atom stereocenters. The van der Waals surface area contributed by atoms with Crippen molar-refractivity contribution in [3.63, 3.8) is 0 Å². The summed E-state index contributed by atoms with van der Waals surface area (Å²) in [4.78, 5) is 3.94. The highest BCUT2D eigenvalue weighted by molar-refractivity contribution is 7.09. The molecule has 1 fully saturated rings. The van der Waals surface area contributed by atoms with Gasteiger partial charge in [-0.15, -0.1) is 11.3 Å². The van der Waals surface area contributed by atoms with Crippen LogP contribution in [0, 0.1) is 11.8 Å². The van der Waals surface area contributed by atoms with Crippen molar-refractivity contribution >= 4 is 11.3 Å². The predicted octanol–water partition coefficient (Wildman–Crippen LogP) is 3.73. The molecule has 0 saturated carbocycles. The summed E-state index contributed by atoms with van der Waals surface area (Å²) in [5, 5.41) is 21.3. The van der Waals surface area contributed by atoms with Crippen molar-refractivity contribution in [1.82, 2.24) is 4.90 Å². The van der Waals surface area contributed by atoms with Crippen LogP contribution in [0.2, 0.25) is 0 Å². The number of likely N-dealkylation sites (tertiary alicyclic amines) is 1. The Morgan fingerprint density at radius 3 is 2.58 bits per heavy atom. The molecule has 0 amide bonds. The second-order valence-corrected chi connectivity index (χ2v) is 8.06. The van der Waals surface area contributed by atoms with Crippen LogP contribution in [0.25, 0.3) is 0 Å². The molecule has 4 heteroatoms. The quantitative estimate of drug-likeness (QED) is 0.803. The van der Waals surface area contributed by atoms with Crippen molar-refractivity contribution in [1.29, 1.82) is 0 Å². The van der Waals surface area contributed by atoms with Crippen LogP contribution in [-0.4, -0.2) is 41.4 Å². The Morgan fingerprint density at radius 2 is 1.92 bits per heavy atom. The van der Waals surface area contributed by atoms with Gasteiger partial charge < -0.3 is 15.1 Å². The number of thiophene rings is 1. The number of aromatic hydroxyl groups is 1. The molecular weight excluding hydrogens is 318 g/mol. The van der Waals surface area contributed by atoms with E-state index in [9.17, 15) is 10.2 Å². The molecule has 1 saturated heterocycles. The smallest absolute Gasteiger partial charge is 0.115 e. The number of aryl methyl sites for hydroxylation is 1. The van der Waals surface area contributed by atoms with Crippen LogP contribution in [0.15, 0.2) is 41.8 Å². The molecular formula is C20H27NO2S. The largest absolute Gasteiger partial charge is 0.508 e. The highest BCUT2D eigenvalue weighted by Crippen LogP contribution is 2.30. The van der Waals surface area contributed by atoms with Crippen molar-refractivity contribution in [2.45, 2.75) is 25.7 Å². The first kappa shape index (κ1) is 17.5. The number of aliphatic hydroxyl groups is 1. The van der Waals surface area contributed by atoms with Crippen molar-refractivity contribution in [3.05, 3.63) is 52.2 Å². The first-order valence-corrected chi connectivity index (χ1v) is 9.68. The summed E-state index contributed by atoms with van der Waals surface area (Å²) in [5.74, 6) is 1.74. The van der Waals surface area contributed by atoms with E-state index >= 15 is 0 Å². The van der Waals surface area contributed by atoms with Crippen molar-refractivity contribution < 1.29 is 10.2 Å². The van der Waals surface area contributed by atoms with Gasteiger partial charge in [-0.1, -0.05) is 25.1 Å². The fourth-order valence-corrected chi connectivity index (χ4v) is 4.52. The molecule has 1 aromatic carbocycles. The van der Waals surface area contributed by atoms with Gasteiger partial charge in [-0.25, -0.2) is 0 Å². The summed E-state index contributed by atoms with van der Waals surface area (Å²) >= 11 is 1.83. The number of hydrogen-bond acceptors (Lipinski definition) is 4. The van der Waals surface area contributed by atoms with Gasteiger partial charge in [-0.2, -0.15) is 0 Å². The monoisotopic (exact) mass is 345 g/mol. The van der Waals surface area contributed by atoms with E-state index in [0.717, 1.165) is 32.5 Å². The summed E-state index contributed by atoms with van der Waals surface area (Å²) in [6, 6.07) is 11.9. The van der Waals surface area contributed by atoms with E-state index < -0.39 is 0 Å². The van der Waals surface area contributed by atoms with E-state index in [-0.39, 0.29) is 0 Å². The van der Waals surface area contributed by atoms with Crippen LogP contribution in [0.5, 0.6) is 5.75 Å². The minimum atomic E-state index is 0.291. The molecule has 3 atom stereocenters. The Morgan fingerprint density at radius 1 is 1.17 bits per heavy atom. The van der Waals surface area contributed by atoms with Crippen molar-refractivity contribution in [3.8, 4) is 5.75 Å². The standard InChI is InChI=1S/C20H27NO2S/c1-15(16-4-7-19(23)8-5-16)11-21-12-17(18(13-21)14-22)6-9-20-3-2-10-24-20/h2-5,7-8,10,15,17-18,22-23H,6,9,11-14H2,1H3/t15?,17-,18-/m1/s1. The summed E-state index contributed by atoms with van der Waals surface area (Å²) in [6.07, 6.45) is 2.29. The number of hydrogen-bond donors (Lipinski definition) is 2. The van der Waals surface area contributed by atoms with Gasteiger partial charge in [0.2, 0.25) is 0 Å². The maximum absolute atomic E-state index is 9.74. The number of nitrogens with zero attached hydrogens (tertiary/aromatic N) is 1. The lowest BCUT2D eigenvalue weighted by molar-refractivity contribution is 0.197. The molecule has 3 rings (SSSR count). The van der Waals surface area contributed by atoms with Gasteiger partial charge in [0.25, 0.3) is 0 Å². The highest BCUT2D eigenvalue weighted by atomic mass is 32.1. The molecule has 130 valence electrons. The molecule has 0 aliphatic carbocycles. The van der Waals surface area contributed by atoms with Crippen LogP contribution < -0.4 is 0 Å². The third kappa shape index (κ3) is 4.38. The minimum absolute atomic E-state index is 0.291. The van der Waals surface area contributed by atoms with Gasteiger partial charge in [0.15, 0.2) is 0 Å². The maximum atomic E-state index is 9.74. The maximum Gasteiger partial charge on any atom is 0.115 e. The molecule has 24 heavy (non-hydrogen) atoms. The second-order valence-electron chi connectivity index (χ2n) is 7.03. The van der Waals surface area contributed by atoms with E-state index in [1.165, 1.54) is 10.4 Å². The minimum Gasteiger partial charge on any atom is -0.508 e. The molecule has 2 N–H and O–H groups in total. The molecule has 1 aromatic heterocycles. The Kier molecular flexibility index (Phi) is 5.93. The summed E-state index contributed by atoms with van der Waals surface area (Å²) in [6.45, 7) is 5.61. The van der Waals surface area contributed by atoms with E-state index in [1.807, 2.05) is 23.5 Å². The van der Waals surface area contributed by atoms with E-state index in [4.69, 9.17) is 0 Å². The first-order chi connectivity index (χ1) is 11.7. The van der Waals surface area contributed by atoms with E-state index in [2.05, 4.69) is 29.3 Å². The van der Waals surface area contributed by atoms with Gasteiger partial charge >= 0.3 is 0 Å². The number of phenols is 1. The lowest BCUT2D eigenvalue weighted by atomic mass is 9.92. The summed E-state index contributed by atoms with van der Waals surface area (Å²) in [5.41, 5.74) is 1.26. The van der Waals surface area contributed by atoms with Gasteiger partial charge in [0.05, 0.1) is 0 Å². The third-order valence-electron chi connectivity index (χ3n) is 5.22. The molecule has 1 aliphatic rings. The highest BCUT2D eigenvalue weighted by Gasteiger charge is 2.32. The molecule has 0 radical (unpaired) electrons.